The van der Waals surface area contributed by atoms with Crippen molar-refractivity contribution in [1.82, 2.24) is 14.6 Å². The zero-order chi connectivity index (χ0) is 26.9. The number of alkyl halides is 2. The molecule has 0 unspecified atom stereocenters. The number of hydrogen-bond donors (Lipinski definition) is 3. The van der Waals surface area contributed by atoms with Gasteiger partial charge in [-0.1, -0.05) is 45.7 Å². The highest BCUT2D eigenvalue weighted by atomic mass is 79.9. The van der Waals surface area contributed by atoms with Crippen molar-refractivity contribution in [2.75, 3.05) is 11.9 Å². The smallest absolute Gasteiger partial charge is 0.459 e. The molecule has 0 aliphatic carbocycles. The van der Waals surface area contributed by atoms with Crippen LogP contribution in [0.15, 0.2) is 52.2 Å². The molecule has 2 rings (SSSR count). The summed E-state index contributed by atoms with van der Waals surface area (Å²) in [4.78, 5) is 37.8. The third kappa shape index (κ3) is 9.47. The number of benzene rings is 1. The van der Waals surface area contributed by atoms with Crippen molar-refractivity contribution < 1.29 is 33.0 Å². The molecule has 2 aromatic rings. The van der Waals surface area contributed by atoms with Gasteiger partial charge in [0.15, 0.2) is 5.56 Å². The molecule has 15 heteroatoms. The fraction of sp³-hybridized carbons (Fsp3) is 0.476. The minimum Gasteiger partial charge on any atom is -0.462 e. The molecular formula is C21H28BrClN3O9P. The molecule has 1 heterocycles. The van der Waals surface area contributed by atoms with Crippen molar-refractivity contribution in [3.05, 3.63) is 63.4 Å². The molecule has 1 aromatic heterocycles. The number of esters is 1. The van der Waals surface area contributed by atoms with Crippen molar-refractivity contribution in [2.45, 2.75) is 50.8 Å². The molecular weight excluding hydrogens is 585 g/mol. The maximum Gasteiger partial charge on any atom is 0.459 e. The molecule has 36 heavy (non-hydrogen) atoms. The molecule has 1 aromatic carbocycles. The number of hydrogen-bond acceptors (Lipinski definition) is 9. The summed E-state index contributed by atoms with van der Waals surface area (Å²) in [7, 11) is -4.26. The monoisotopic (exact) mass is 611 g/mol. The van der Waals surface area contributed by atoms with Crippen LogP contribution in [0, 0.1) is 0 Å². The second kappa shape index (κ2) is 14.1. The van der Waals surface area contributed by atoms with E-state index in [4.69, 9.17) is 30.1 Å². The van der Waals surface area contributed by atoms with Gasteiger partial charge in [0.05, 0.1) is 12.7 Å². The van der Waals surface area contributed by atoms with E-state index in [-0.39, 0.29) is 11.1 Å². The standard InChI is InChI=1S/C21H28BrClN3O9P/c1-13(2)33-20(29)14(3)25-36(31,35-15-7-5-4-6-8-15)32-12-16(19(23)28)34-18(11-22)26-10-9-17(27)24-21(26)30/h4-10,13-14,16,18-19,28H,11-12H2,1-3H3,(H,25,31)(H,24,27,30)/t14-,16-,18-,19-,36-/m1/s1. The first-order chi connectivity index (χ1) is 16.9. The number of rotatable bonds is 14. The first-order valence-electron chi connectivity index (χ1n) is 10.8. The van der Waals surface area contributed by atoms with Gasteiger partial charge >= 0.3 is 19.4 Å². The molecule has 200 valence electrons. The highest BCUT2D eigenvalue weighted by Gasteiger charge is 2.35. The van der Waals surface area contributed by atoms with E-state index in [2.05, 4.69) is 26.0 Å². The van der Waals surface area contributed by atoms with E-state index < -0.39 is 61.6 Å². The summed E-state index contributed by atoms with van der Waals surface area (Å²) in [5, 5.41) is 12.6. The number of ether oxygens (including phenoxy) is 2. The van der Waals surface area contributed by atoms with Gasteiger partial charge in [0.1, 0.15) is 24.1 Å². The minimum absolute atomic E-state index is 0.0631. The summed E-state index contributed by atoms with van der Waals surface area (Å²) in [6.45, 7) is 4.18. The lowest BCUT2D eigenvalue weighted by Crippen LogP contribution is -2.40. The number of nitrogens with one attached hydrogen (secondary N) is 2. The summed E-state index contributed by atoms with van der Waals surface area (Å²) in [5.41, 5.74) is -3.01. The molecule has 0 aliphatic rings. The van der Waals surface area contributed by atoms with Crippen LogP contribution in [0.3, 0.4) is 0 Å². The third-order valence-electron chi connectivity index (χ3n) is 4.37. The van der Waals surface area contributed by atoms with Gasteiger partial charge in [-0.2, -0.15) is 5.09 Å². The predicted molar refractivity (Wildman–Crippen MR) is 135 cm³/mol. The number of aromatic nitrogens is 2. The Morgan fingerprint density at radius 3 is 2.44 bits per heavy atom. The van der Waals surface area contributed by atoms with Crippen LogP contribution in [0.4, 0.5) is 0 Å². The molecule has 0 bridgehead atoms. The normalized spacial score (nSPS) is 16.5. The Morgan fingerprint density at radius 1 is 1.22 bits per heavy atom. The van der Waals surface area contributed by atoms with E-state index in [9.17, 15) is 24.1 Å². The van der Waals surface area contributed by atoms with E-state index >= 15 is 0 Å². The quantitative estimate of drug-likeness (QED) is 0.164. The molecule has 0 amide bonds. The second-order valence-corrected chi connectivity index (χ2v) is 10.5. The fourth-order valence-electron chi connectivity index (χ4n) is 2.72. The average Bonchev–Trinajstić information content (AvgIpc) is 2.79. The van der Waals surface area contributed by atoms with E-state index in [1.807, 2.05) is 0 Å². The lowest BCUT2D eigenvalue weighted by atomic mass is 10.3. The molecule has 12 nitrogen and oxygen atoms in total. The number of nitrogens with zero attached hydrogens (tertiary/aromatic N) is 1. The molecule has 0 fully saturated rings. The zero-order valence-electron chi connectivity index (χ0n) is 19.7. The molecule has 3 N–H and O–H groups in total. The third-order valence-corrected chi connectivity index (χ3v) is 6.85. The van der Waals surface area contributed by atoms with E-state index in [0.29, 0.717) is 0 Å². The zero-order valence-corrected chi connectivity index (χ0v) is 22.9. The van der Waals surface area contributed by atoms with Gasteiger partial charge in [0, 0.05) is 17.6 Å². The van der Waals surface area contributed by atoms with Crippen molar-refractivity contribution in [3.8, 4) is 5.75 Å². The van der Waals surface area contributed by atoms with E-state index in [1.54, 1.807) is 32.0 Å². The van der Waals surface area contributed by atoms with Crippen LogP contribution < -0.4 is 20.9 Å². The summed E-state index contributed by atoms with van der Waals surface area (Å²) < 4.78 is 36.5. The van der Waals surface area contributed by atoms with E-state index in [1.165, 1.54) is 25.3 Å². The van der Waals surface area contributed by atoms with E-state index in [0.717, 1.165) is 10.6 Å². The van der Waals surface area contributed by atoms with Gasteiger partial charge in [-0.05, 0) is 32.9 Å². The first kappa shape index (κ1) is 30.2. The number of carbonyl (C=O) groups excluding carboxylic acids is 1. The highest BCUT2D eigenvalue weighted by Crippen LogP contribution is 2.45. The van der Waals surface area contributed by atoms with Crippen molar-refractivity contribution in [3.63, 3.8) is 0 Å². The predicted octanol–water partition coefficient (Wildman–Crippen LogP) is 2.51. The Balaban J connectivity index is 2.23. The highest BCUT2D eigenvalue weighted by molar-refractivity contribution is 9.09. The Hall–Kier alpha value is -1.99. The topological polar surface area (TPSA) is 158 Å². The molecule has 0 aliphatic heterocycles. The molecule has 5 atom stereocenters. The van der Waals surface area contributed by atoms with Gasteiger partial charge in [0.2, 0.25) is 0 Å². The Kier molecular flexibility index (Phi) is 11.8. The van der Waals surface area contributed by atoms with Crippen molar-refractivity contribution in [1.29, 1.82) is 0 Å². The van der Waals surface area contributed by atoms with Crippen LogP contribution in [-0.4, -0.2) is 56.4 Å². The number of aromatic amines is 1. The maximum absolute atomic E-state index is 13.6. The molecule has 0 saturated carbocycles. The van der Waals surface area contributed by atoms with Gasteiger partial charge in [0.25, 0.3) is 5.56 Å². The maximum atomic E-state index is 13.6. The number of para-hydroxylation sites is 1. The van der Waals surface area contributed by atoms with Crippen LogP contribution in [0.2, 0.25) is 0 Å². The summed E-state index contributed by atoms with van der Waals surface area (Å²) in [6, 6.07) is 8.11. The van der Waals surface area contributed by atoms with Crippen LogP contribution in [-0.2, 0) is 23.4 Å². The minimum atomic E-state index is -4.26. The van der Waals surface area contributed by atoms with Crippen molar-refractivity contribution >= 4 is 41.2 Å². The van der Waals surface area contributed by atoms with Crippen LogP contribution in [0.1, 0.15) is 27.0 Å². The largest absolute Gasteiger partial charge is 0.462 e. The number of aliphatic hydroxyl groups is 1. The summed E-state index contributed by atoms with van der Waals surface area (Å²) >= 11 is 9.07. The average molecular weight is 613 g/mol. The van der Waals surface area contributed by atoms with Crippen LogP contribution >= 0.6 is 35.3 Å². The van der Waals surface area contributed by atoms with Gasteiger partial charge < -0.3 is 19.1 Å². The Morgan fingerprint density at radius 2 is 1.89 bits per heavy atom. The summed E-state index contributed by atoms with van der Waals surface area (Å²) in [6.07, 6.45) is -1.54. The molecule has 0 saturated heterocycles. The van der Waals surface area contributed by atoms with Crippen molar-refractivity contribution in [2.24, 2.45) is 0 Å². The number of halogens is 2. The Bertz CT molecular complexity index is 1150. The van der Waals surface area contributed by atoms with Gasteiger partial charge in [-0.3, -0.25) is 23.7 Å². The van der Waals surface area contributed by atoms with Crippen LogP contribution in [0.5, 0.6) is 5.75 Å². The lowest BCUT2D eigenvalue weighted by Gasteiger charge is -2.28. The van der Waals surface area contributed by atoms with Gasteiger partial charge in [-0.25, -0.2) is 9.36 Å². The second-order valence-electron chi connectivity index (χ2n) is 7.71. The van der Waals surface area contributed by atoms with Crippen LogP contribution in [0.25, 0.3) is 0 Å². The first-order valence-corrected chi connectivity index (χ1v) is 13.9. The SMILES string of the molecule is CC(C)OC(=O)[C@@H](C)N[P@@](=O)(OC[C@@H](O[C@H](CBr)n1ccc(=O)[nH]c1=O)[C@@H](O)Cl)Oc1ccccc1. The number of carbonyl (C=O) groups is 1. The lowest BCUT2D eigenvalue weighted by molar-refractivity contribution is -0.149. The molecule has 0 radical (unpaired) electrons. The number of aliphatic hydroxyl groups excluding tert-OH is 1. The number of H-pyrrole nitrogens is 1. The summed E-state index contributed by atoms with van der Waals surface area (Å²) in [5.74, 6) is -0.507. The fourth-order valence-corrected chi connectivity index (χ4v) is 4.82. The molecule has 0 spiro atoms. The Labute approximate surface area is 220 Å². The van der Waals surface area contributed by atoms with Gasteiger partial charge in [-0.15, -0.1) is 0 Å².